The van der Waals surface area contributed by atoms with Gasteiger partial charge < -0.3 is 5.32 Å². The first-order chi connectivity index (χ1) is 7.31. The molecule has 1 heterocycles. The van der Waals surface area contributed by atoms with Crippen LogP contribution in [-0.2, 0) is 0 Å². The second kappa shape index (κ2) is 4.49. The van der Waals surface area contributed by atoms with Crippen LogP contribution in [0.2, 0.25) is 0 Å². The topological polar surface area (TPSA) is 12.0 Å². The Kier molecular flexibility index (Phi) is 3.07. The third kappa shape index (κ3) is 2.21. The van der Waals surface area contributed by atoms with E-state index in [1.807, 2.05) is 18.2 Å². The highest BCUT2D eigenvalue weighted by atomic mass is 35.5. The number of nitrogens with one attached hydrogen (secondary N) is 1. The summed E-state index contributed by atoms with van der Waals surface area (Å²) in [5.41, 5.74) is 1.65. The average Bonchev–Trinajstić information content (AvgIpc) is 2.30. The lowest BCUT2D eigenvalue weighted by molar-refractivity contribution is 0.586. The maximum Gasteiger partial charge on any atom is 0.128 e. The van der Waals surface area contributed by atoms with Crippen LogP contribution in [0.5, 0.6) is 0 Å². The van der Waals surface area contributed by atoms with E-state index < -0.39 is 0 Å². The summed E-state index contributed by atoms with van der Waals surface area (Å²) in [7, 11) is 0. The van der Waals surface area contributed by atoms with Gasteiger partial charge in [0.1, 0.15) is 5.82 Å². The minimum absolute atomic E-state index is 0.120. The Hall–Kier alpha value is -1.28. The third-order valence-corrected chi connectivity index (χ3v) is 2.66. The molecule has 0 saturated carbocycles. The van der Waals surface area contributed by atoms with Gasteiger partial charge in [-0.15, -0.1) is 11.6 Å². The predicted molar refractivity (Wildman–Crippen MR) is 60.2 cm³/mol. The van der Waals surface area contributed by atoms with Gasteiger partial charge >= 0.3 is 0 Å². The summed E-state index contributed by atoms with van der Waals surface area (Å²) in [6.45, 7) is 0. The molecule has 1 N–H and O–H groups in total. The van der Waals surface area contributed by atoms with Gasteiger partial charge in [-0.3, -0.25) is 0 Å². The zero-order valence-electron chi connectivity index (χ0n) is 8.08. The van der Waals surface area contributed by atoms with Crippen molar-refractivity contribution in [3.63, 3.8) is 0 Å². The maximum atomic E-state index is 13.5. The Morgan fingerprint density at radius 1 is 1.33 bits per heavy atom. The average molecular weight is 224 g/mol. The van der Waals surface area contributed by atoms with Gasteiger partial charge in [0.25, 0.3) is 0 Å². The highest BCUT2D eigenvalue weighted by Crippen LogP contribution is 2.22. The van der Waals surface area contributed by atoms with Gasteiger partial charge in [0.15, 0.2) is 0 Å². The van der Waals surface area contributed by atoms with E-state index in [4.69, 9.17) is 11.6 Å². The van der Waals surface area contributed by atoms with Crippen LogP contribution in [0.4, 0.5) is 4.39 Å². The molecule has 1 aliphatic rings. The molecular weight excluding hydrogens is 213 g/mol. The van der Waals surface area contributed by atoms with Crippen molar-refractivity contribution < 1.29 is 4.39 Å². The molecular formula is C12H11ClFN. The molecule has 15 heavy (non-hydrogen) atoms. The van der Waals surface area contributed by atoms with E-state index in [2.05, 4.69) is 5.32 Å². The van der Waals surface area contributed by atoms with Crippen LogP contribution in [0, 0.1) is 5.82 Å². The van der Waals surface area contributed by atoms with Crippen LogP contribution in [0.1, 0.15) is 11.6 Å². The second-order valence-corrected chi connectivity index (χ2v) is 3.64. The third-order valence-electron chi connectivity index (χ3n) is 2.35. The minimum atomic E-state index is -0.199. The van der Waals surface area contributed by atoms with E-state index in [1.165, 1.54) is 6.07 Å². The molecule has 1 nitrogen and oxygen atoms in total. The normalized spacial score (nSPS) is 19.6. The molecule has 0 saturated heterocycles. The number of halogens is 2. The Balaban J connectivity index is 2.30. The SMILES string of the molecule is Fc1ccccc1C1C=C(CCl)C=CN1. The molecule has 0 fully saturated rings. The van der Waals surface area contributed by atoms with Gasteiger partial charge in [-0.05, 0) is 23.9 Å². The molecule has 1 aromatic rings. The van der Waals surface area contributed by atoms with Crippen LogP contribution in [0.3, 0.4) is 0 Å². The standard InChI is InChI=1S/C12H11ClFN/c13-8-9-5-6-15-12(7-9)10-3-1-2-4-11(10)14/h1-7,12,15H,8H2. The Bertz CT molecular complexity index is 412. The molecule has 1 aliphatic heterocycles. The van der Waals surface area contributed by atoms with Gasteiger partial charge in [0, 0.05) is 11.4 Å². The molecule has 2 rings (SSSR count). The van der Waals surface area contributed by atoms with Crippen molar-refractivity contribution in [3.05, 3.63) is 59.6 Å². The number of benzene rings is 1. The van der Waals surface area contributed by atoms with E-state index >= 15 is 0 Å². The fourth-order valence-corrected chi connectivity index (χ4v) is 1.75. The minimum Gasteiger partial charge on any atom is -0.380 e. The van der Waals surface area contributed by atoms with E-state index in [9.17, 15) is 4.39 Å². The van der Waals surface area contributed by atoms with E-state index in [0.29, 0.717) is 11.4 Å². The summed E-state index contributed by atoms with van der Waals surface area (Å²) in [6, 6.07) is 6.62. The van der Waals surface area contributed by atoms with Crippen LogP contribution in [0.15, 0.2) is 48.2 Å². The highest BCUT2D eigenvalue weighted by Gasteiger charge is 2.13. The molecule has 0 aromatic heterocycles. The first-order valence-electron chi connectivity index (χ1n) is 4.75. The summed E-state index contributed by atoms with van der Waals surface area (Å²) >= 11 is 5.73. The zero-order chi connectivity index (χ0) is 10.7. The molecule has 0 radical (unpaired) electrons. The van der Waals surface area contributed by atoms with Crippen molar-refractivity contribution in [1.29, 1.82) is 0 Å². The van der Waals surface area contributed by atoms with E-state index in [-0.39, 0.29) is 11.9 Å². The molecule has 0 amide bonds. The number of rotatable bonds is 2. The van der Waals surface area contributed by atoms with Gasteiger partial charge in [0.2, 0.25) is 0 Å². The number of dihydropyridines is 1. The Morgan fingerprint density at radius 2 is 2.13 bits per heavy atom. The first kappa shape index (κ1) is 10.2. The largest absolute Gasteiger partial charge is 0.380 e. The molecule has 1 aromatic carbocycles. The molecule has 1 atom stereocenters. The van der Waals surface area contributed by atoms with Crippen molar-refractivity contribution in [3.8, 4) is 0 Å². The van der Waals surface area contributed by atoms with Crippen molar-refractivity contribution in [2.24, 2.45) is 0 Å². The summed E-state index contributed by atoms with van der Waals surface area (Å²) in [5.74, 6) is 0.249. The predicted octanol–water partition coefficient (Wildman–Crippen LogP) is 3.15. The molecule has 3 heteroatoms. The lowest BCUT2D eigenvalue weighted by atomic mass is 10.0. The summed E-state index contributed by atoms with van der Waals surface area (Å²) < 4.78 is 13.5. The van der Waals surface area contributed by atoms with Crippen molar-refractivity contribution in [2.75, 3.05) is 5.88 Å². The number of allylic oxidation sites excluding steroid dienone is 2. The summed E-state index contributed by atoms with van der Waals surface area (Å²) in [4.78, 5) is 0. The molecule has 0 bridgehead atoms. The van der Waals surface area contributed by atoms with E-state index in [0.717, 1.165) is 5.57 Å². The number of alkyl halides is 1. The van der Waals surface area contributed by atoms with Crippen LogP contribution in [0.25, 0.3) is 0 Å². The van der Waals surface area contributed by atoms with Crippen LogP contribution in [-0.4, -0.2) is 5.88 Å². The second-order valence-electron chi connectivity index (χ2n) is 3.37. The molecule has 0 aliphatic carbocycles. The fourth-order valence-electron chi connectivity index (χ4n) is 1.57. The van der Waals surface area contributed by atoms with Crippen LogP contribution < -0.4 is 5.32 Å². The van der Waals surface area contributed by atoms with Gasteiger partial charge in [-0.25, -0.2) is 4.39 Å². The first-order valence-corrected chi connectivity index (χ1v) is 5.28. The smallest absolute Gasteiger partial charge is 0.128 e. The fraction of sp³-hybridized carbons (Fsp3) is 0.167. The van der Waals surface area contributed by atoms with E-state index in [1.54, 1.807) is 18.3 Å². The molecule has 78 valence electrons. The summed E-state index contributed by atoms with van der Waals surface area (Å²) in [6.07, 6.45) is 5.63. The lowest BCUT2D eigenvalue weighted by Gasteiger charge is -2.19. The Morgan fingerprint density at radius 3 is 2.87 bits per heavy atom. The number of hydrogen-bond donors (Lipinski definition) is 1. The monoisotopic (exact) mass is 223 g/mol. The zero-order valence-corrected chi connectivity index (χ0v) is 8.84. The molecule has 0 spiro atoms. The summed E-state index contributed by atoms with van der Waals surface area (Å²) in [5, 5.41) is 3.08. The van der Waals surface area contributed by atoms with Crippen molar-refractivity contribution in [2.45, 2.75) is 6.04 Å². The molecule has 1 unspecified atom stereocenters. The quantitative estimate of drug-likeness (QED) is 0.760. The lowest BCUT2D eigenvalue weighted by Crippen LogP contribution is -2.18. The highest BCUT2D eigenvalue weighted by molar-refractivity contribution is 6.19. The van der Waals surface area contributed by atoms with Crippen molar-refractivity contribution in [1.82, 2.24) is 5.32 Å². The van der Waals surface area contributed by atoms with Gasteiger partial charge in [0.05, 0.1) is 6.04 Å². The van der Waals surface area contributed by atoms with Crippen molar-refractivity contribution >= 4 is 11.6 Å². The van der Waals surface area contributed by atoms with Gasteiger partial charge in [-0.2, -0.15) is 0 Å². The van der Waals surface area contributed by atoms with Gasteiger partial charge in [-0.1, -0.05) is 24.3 Å². The van der Waals surface area contributed by atoms with Crippen LogP contribution >= 0.6 is 11.6 Å². The maximum absolute atomic E-state index is 13.5. The Labute approximate surface area is 93.3 Å². The number of hydrogen-bond acceptors (Lipinski definition) is 1.